The number of fused-ring (bicyclic) bond motifs is 5. The summed E-state index contributed by atoms with van der Waals surface area (Å²) in [6.07, 6.45) is 0. The minimum atomic E-state index is 0.555. The Hall–Kier alpha value is -8.47. The van der Waals surface area contributed by atoms with Gasteiger partial charge in [-0.2, -0.15) is 0 Å². The summed E-state index contributed by atoms with van der Waals surface area (Å²) < 4.78 is 6.49. The SMILES string of the molecule is c1ccc(-c2ccc(-c3nc(-c4ccc(-c5c6ccccc6c(-c6ccccc6-c6ccccc6)c6ccccc56)cc4)nc(-c4cccc5c4oc4ccccc45)n3)cc2)cc1. The van der Waals surface area contributed by atoms with Crippen LogP contribution in [0, 0.1) is 0 Å². The number of furan rings is 1. The molecule has 294 valence electrons. The van der Waals surface area contributed by atoms with Crippen molar-refractivity contribution >= 4 is 43.5 Å². The van der Waals surface area contributed by atoms with Gasteiger partial charge in [-0.15, -0.1) is 0 Å². The van der Waals surface area contributed by atoms with Crippen molar-refractivity contribution in [1.29, 1.82) is 0 Å². The highest BCUT2D eigenvalue weighted by Gasteiger charge is 2.21. The molecule has 0 aliphatic rings. The summed E-state index contributed by atoms with van der Waals surface area (Å²) in [6.45, 7) is 0. The van der Waals surface area contributed by atoms with E-state index < -0.39 is 0 Å². The van der Waals surface area contributed by atoms with Crippen molar-refractivity contribution in [3.63, 3.8) is 0 Å². The average Bonchev–Trinajstić information content (AvgIpc) is 3.75. The summed E-state index contributed by atoms with van der Waals surface area (Å²) in [6, 6.07) is 78.9. The molecule has 0 bridgehead atoms. The number of aromatic nitrogens is 3. The van der Waals surface area contributed by atoms with Crippen LogP contribution in [0.2, 0.25) is 0 Å². The van der Waals surface area contributed by atoms with Crippen LogP contribution in [0.3, 0.4) is 0 Å². The van der Waals surface area contributed by atoms with Gasteiger partial charge in [-0.3, -0.25) is 0 Å². The quantitative estimate of drug-likeness (QED) is 0.151. The summed E-state index contributed by atoms with van der Waals surface area (Å²) in [4.78, 5) is 15.5. The molecular weight excluding hydrogens is 767 g/mol. The average molecular weight is 804 g/mol. The zero-order valence-electron chi connectivity index (χ0n) is 34.1. The first-order valence-electron chi connectivity index (χ1n) is 21.3. The number of hydrogen-bond acceptors (Lipinski definition) is 4. The molecule has 0 amide bonds. The molecule has 0 atom stereocenters. The fourth-order valence-corrected chi connectivity index (χ4v) is 9.21. The first kappa shape index (κ1) is 36.4. The third-order valence-corrected chi connectivity index (χ3v) is 12.2. The van der Waals surface area contributed by atoms with Crippen molar-refractivity contribution < 1.29 is 4.42 Å². The van der Waals surface area contributed by atoms with E-state index in [1.807, 2.05) is 36.4 Å². The molecule has 10 aromatic carbocycles. The zero-order chi connectivity index (χ0) is 41.7. The molecule has 0 saturated heterocycles. The summed E-state index contributed by atoms with van der Waals surface area (Å²) in [5.41, 5.74) is 13.7. The molecule has 0 saturated carbocycles. The zero-order valence-corrected chi connectivity index (χ0v) is 34.1. The molecule has 0 spiro atoms. The number of nitrogens with zero attached hydrogens (tertiary/aromatic N) is 3. The molecule has 0 N–H and O–H groups in total. The van der Waals surface area contributed by atoms with Crippen molar-refractivity contribution in [2.24, 2.45) is 0 Å². The Morgan fingerprint density at radius 2 is 0.651 bits per heavy atom. The lowest BCUT2D eigenvalue weighted by molar-refractivity contribution is 0.669. The molecule has 4 heteroatoms. The number of rotatable bonds is 7. The molecule has 0 fully saturated rings. The maximum Gasteiger partial charge on any atom is 0.167 e. The van der Waals surface area contributed by atoms with Crippen molar-refractivity contribution in [3.8, 4) is 78.7 Å². The number of para-hydroxylation sites is 2. The lowest BCUT2D eigenvalue weighted by Crippen LogP contribution is -2.00. The van der Waals surface area contributed by atoms with Crippen molar-refractivity contribution in [2.45, 2.75) is 0 Å². The van der Waals surface area contributed by atoms with Gasteiger partial charge in [0.15, 0.2) is 17.5 Å². The Bertz CT molecular complexity index is 3590. The highest BCUT2D eigenvalue weighted by molar-refractivity contribution is 6.22. The monoisotopic (exact) mass is 803 g/mol. The normalized spacial score (nSPS) is 11.5. The van der Waals surface area contributed by atoms with Gasteiger partial charge in [0.1, 0.15) is 11.2 Å². The molecule has 2 aromatic heterocycles. The predicted molar refractivity (Wildman–Crippen MR) is 260 cm³/mol. The first-order valence-corrected chi connectivity index (χ1v) is 21.3. The van der Waals surface area contributed by atoms with Gasteiger partial charge in [0.2, 0.25) is 0 Å². The van der Waals surface area contributed by atoms with Crippen molar-refractivity contribution in [2.75, 3.05) is 0 Å². The van der Waals surface area contributed by atoms with Crippen LogP contribution in [0.5, 0.6) is 0 Å². The molecule has 63 heavy (non-hydrogen) atoms. The van der Waals surface area contributed by atoms with E-state index in [4.69, 9.17) is 19.4 Å². The van der Waals surface area contributed by atoms with E-state index in [1.165, 1.54) is 49.4 Å². The van der Waals surface area contributed by atoms with Crippen LogP contribution in [0.15, 0.2) is 229 Å². The van der Waals surface area contributed by atoms with E-state index >= 15 is 0 Å². The fraction of sp³-hybridized carbons (Fsp3) is 0. The van der Waals surface area contributed by atoms with Crippen molar-refractivity contribution in [1.82, 2.24) is 15.0 Å². The van der Waals surface area contributed by atoms with Crippen LogP contribution in [0.1, 0.15) is 0 Å². The second-order valence-corrected chi connectivity index (χ2v) is 15.9. The van der Waals surface area contributed by atoms with Gasteiger partial charge in [-0.05, 0) is 78.2 Å². The van der Waals surface area contributed by atoms with E-state index in [-0.39, 0.29) is 0 Å². The lowest BCUT2D eigenvalue weighted by atomic mass is 9.84. The molecule has 0 radical (unpaired) electrons. The largest absolute Gasteiger partial charge is 0.455 e. The second-order valence-electron chi connectivity index (χ2n) is 15.9. The van der Waals surface area contributed by atoms with E-state index in [2.05, 4.69) is 188 Å². The topological polar surface area (TPSA) is 51.8 Å². The van der Waals surface area contributed by atoms with Gasteiger partial charge in [0.05, 0.1) is 5.56 Å². The standard InChI is InChI=1S/C59H37N3O/c1-3-16-38(17-4-1)39-30-34-42(35-31-39)57-60-58(62-59(61-57)52-28-15-27-51-45-21-13-14-29-53(45)63-56(51)52)43-36-32-41(33-37-43)54-47-23-9-11-25-49(47)55(50-26-12-10-24-48(50)54)46-22-8-7-20-44(46)40-18-5-2-6-19-40/h1-37H. The molecule has 0 aliphatic heterocycles. The van der Waals surface area contributed by atoms with Gasteiger partial charge >= 0.3 is 0 Å². The predicted octanol–water partition coefficient (Wildman–Crippen LogP) is 15.7. The van der Waals surface area contributed by atoms with Gasteiger partial charge in [-0.1, -0.05) is 212 Å². The molecule has 2 heterocycles. The van der Waals surface area contributed by atoms with Gasteiger partial charge in [0.25, 0.3) is 0 Å². The van der Waals surface area contributed by atoms with E-state index in [0.29, 0.717) is 17.5 Å². The second kappa shape index (κ2) is 15.2. The molecule has 0 unspecified atom stereocenters. The molecule has 12 rings (SSSR count). The Morgan fingerprint density at radius 1 is 0.238 bits per heavy atom. The highest BCUT2D eigenvalue weighted by Crippen LogP contribution is 2.46. The molecule has 4 nitrogen and oxygen atoms in total. The Labute approximate surface area is 364 Å². The maximum absolute atomic E-state index is 6.49. The van der Waals surface area contributed by atoms with E-state index in [9.17, 15) is 0 Å². The third-order valence-electron chi connectivity index (χ3n) is 12.2. The highest BCUT2D eigenvalue weighted by atomic mass is 16.3. The molecule has 12 aromatic rings. The van der Waals surface area contributed by atoms with E-state index in [1.54, 1.807) is 0 Å². The molecule has 0 aliphatic carbocycles. The van der Waals surface area contributed by atoms with Crippen LogP contribution in [-0.2, 0) is 0 Å². The Balaban J connectivity index is 1.01. The summed E-state index contributed by atoms with van der Waals surface area (Å²) in [5, 5.41) is 6.90. The molecular formula is C59H37N3O. The van der Waals surface area contributed by atoms with Crippen LogP contribution in [-0.4, -0.2) is 15.0 Å². The van der Waals surface area contributed by atoms with Crippen LogP contribution >= 0.6 is 0 Å². The number of benzene rings is 10. The fourth-order valence-electron chi connectivity index (χ4n) is 9.21. The Kier molecular flexibility index (Phi) is 8.79. The van der Waals surface area contributed by atoms with Crippen LogP contribution < -0.4 is 0 Å². The van der Waals surface area contributed by atoms with Gasteiger partial charge in [-0.25, -0.2) is 15.0 Å². The van der Waals surface area contributed by atoms with Gasteiger partial charge in [0, 0.05) is 21.9 Å². The summed E-state index contributed by atoms with van der Waals surface area (Å²) in [7, 11) is 0. The minimum absolute atomic E-state index is 0.555. The first-order chi connectivity index (χ1) is 31.2. The van der Waals surface area contributed by atoms with Gasteiger partial charge < -0.3 is 4.42 Å². The van der Waals surface area contributed by atoms with Crippen LogP contribution in [0.4, 0.5) is 0 Å². The summed E-state index contributed by atoms with van der Waals surface area (Å²) in [5.74, 6) is 1.73. The van der Waals surface area contributed by atoms with E-state index in [0.717, 1.165) is 55.3 Å². The van der Waals surface area contributed by atoms with Crippen LogP contribution in [0.25, 0.3) is 122 Å². The maximum atomic E-state index is 6.49. The number of hydrogen-bond donors (Lipinski definition) is 0. The summed E-state index contributed by atoms with van der Waals surface area (Å²) >= 11 is 0. The smallest absolute Gasteiger partial charge is 0.167 e. The minimum Gasteiger partial charge on any atom is -0.455 e. The van der Waals surface area contributed by atoms with Crippen molar-refractivity contribution in [3.05, 3.63) is 224 Å². The lowest BCUT2D eigenvalue weighted by Gasteiger charge is -2.19. The Morgan fingerprint density at radius 3 is 1.27 bits per heavy atom. The third kappa shape index (κ3) is 6.36.